The second kappa shape index (κ2) is 8.13. The van der Waals surface area contributed by atoms with Crippen LogP contribution in [0, 0.1) is 11.3 Å². The van der Waals surface area contributed by atoms with E-state index >= 15 is 0 Å². The number of nitrogens with zero attached hydrogens (tertiary/aromatic N) is 3. The third kappa shape index (κ3) is 4.95. The molecule has 130 valence electrons. The Bertz CT molecular complexity index is 612. The summed E-state index contributed by atoms with van der Waals surface area (Å²) in [5.74, 6) is 0.522. The van der Waals surface area contributed by atoms with Crippen LogP contribution in [0.1, 0.15) is 24.8 Å². The number of rotatable bonds is 6. The number of nitriles is 1. The highest BCUT2D eigenvalue weighted by molar-refractivity contribution is 5.76. The number of β-amino-alcohol motifs (C(OH)–C–C–N with tert-alkyl or cyclic N) is 1. The number of benzene rings is 1. The van der Waals surface area contributed by atoms with Crippen LogP contribution in [0.25, 0.3) is 0 Å². The van der Waals surface area contributed by atoms with Gasteiger partial charge >= 0.3 is 0 Å². The van der Waals surface area contributed by atoms with Crippen molar-refractivity contribution in [2.75, 3.05) is 40.3 Å². The standard InChI is InChI=1S/C18H25N3O3/c1-20(2)17(22)12-18(23)8-5-9-21(14-18)10-11-24-16-7-4-3-6-15(16)13-19/h3-4,6-7,23H,5,8-12,14H2,1-2H3. The fraction of sp³-hybridized carbons (Fsp3) is 0.556. The monoisotopic (exact) mass is 331 g/mol. The lowest BCUT2D eigenvalue weighted by molar-refractivity contribution is -0.136. The molecule has 1 amide bonds. The fourth-order valence-electron chi connectivity index (χ4n) is 2.95. The van der Waals surface area contributed by atoms with Gasteiger partial charge in [0.25, 0.3) is 0 Å². The van der Waals surface area contributed by atoms with Gasteiger partial charge in [-0.05, 0) is 31.5 Å². The summed E-state index contributed by atoms with van der Waals surface area (Å²) in [6.45, 7) is 2.44. The highest BCUT2D eigenvalue weighted by atomic mass is 16.5. The molecule has 1 aromatic rings. The third-order valence-corrected chi connectivity index (χ3v) is 4.29. The molecule has 1 aliphatic heterocycles. The highest BCUT2D eigenvalue weighted by Gasteiger charge is 2.35. The van der Waals surface area contributed by atoms with Crippen molar-refractivity contribution in [3.05, 3.63) is 29.8 Å². The minimum absolute atomic E-state index is 0.0569. The Morgan fingerprint density at radius 3 is 2.92 bits per heavy atom. The fourth-order valence-corrected chi connectivity index (χ4v) is 2.95. The number of aliphatic hydroxyl groups is 1. The zero-order chi connectivity index (χ0) is 17.6. The van der Waals surface area contributed by atoms with Crippen molar-refractivity contribution in [3.63, 3.8) is 0 Å². The molecule has 1 saturated heterocycles. The molecule has 1 N–H and O–H groups in total. The number of hydrogen-bond donors (Lipinski definition) is 1. The first-order chi connectivity index (χ1) is 11.4. The number of ether oxygens (including phenoxy) is 1. The predicted molar refractivity (Wildman–Crippen MR) is 90.6 cm³/mol. The molecule has 0 saturated carbocycles. The largest absolute Gasteiger partial charge is 0.491 e. The Hall–Kier alpha value is -2.10. The molecular formula is C18H25N3O3. The van der Waals surface area contributed by atoms with Crippen LogP contribution in [-0.4, -0.2) is 66.8 Å². The SMILES string of the molecule is CN(C)C(=O)CC1(O)CCCN(CCOc2ccccc2C#N)C1. The molecule has 6 nitrogen and oxygen atoms in total. The number of amides is 1. The van der Waals surface area contributed by atoms with Crippen molar-refractivity contribution in [2.24, 2.45) is 0 Å². The van der Waals surface area contributed by atoms with Crippen LogP contribution in [0.15, 0.2) is 24.3 Å². The van der Waals surface area contributed by atoms with Crippen LogP contribution < -0.4 is 4.74 Å². The summed E-state index contributed by atoms with van der Waals surface area (Å²) in [5.41, 5.74) is -0.450. The van der Waals surface area contributed by atoms with E-state index in [4.69, 9.17) is 10.00 Å². The number of carbonyl (C=O) groups excluding carboxylic acids is 1. The van der Waals surface area contributed by atoms with Gasteiger partial charge in [-0.15, -0.1) is 0 Å². The van der Waals surface area contributed by atoms with Gasteiger partial charge in [-0.3, -0.25) is 9.69 Å². The van der Waals surface area contributed by atoms with E-state index < -0.39 is 5.60 Å². The smallest absolute Gasteiger partial charge is 0.224 e. The molecule has 0 aromatic heterocycles. The van der Waals surface area contributed by atoms with Crippen LogP contribution in [0.3, 0.4) is 0 Å². The summed E-state index contributed by atoms with van der Waals surface area (Å²) in [6, 6.07) is 9.25. The zero-order valence-electron chi connectivity index (χ0n) is 14.4. The number of para-hydroxylation sites is 1. The van der Waals surface area contributed by atoms with E-state index in [2.05, 4.69) is 11.0 Å². The topological polar surface area (TPSA) is 76.8 Å². The minimum Gasteiger partial charge on any atom is -0.491 e. The van der Waals surface area contributed by atoms with E-state index in [-0.39, 0.29) is 12.3 Å². The Kier molecular flexibility index (Phi) is 6.18. The maximum atomic E-state index is 11.9. The molecule has 1 unspecified atom stereocenters. The molecule has 0 aliphatic carbocycles. The second-order valence-corrected chi connectivity index (χ2v) is 6.53. The average Bonchev–Trinajstić information content (AvgIpc) is 2.55. The summed E-state index contributed by atoms with van der Waals surface area (Å²) >= 11 is 0. The van der Waals surface area contributed by atoms with Crippen LogP contribution in [0.5, 0.6) is 5.75 Å². The van der Waals surface area contributed by atoms with E-state index in [0.29, 0.717) is 37.4 Å². The highest BCUT2D eigenvalue weighted by Crippen LogP contribution is 2.25. The molecule has 1 aromatic carbocycles. The van der Waals surface area contributed by atoms with Crippen LogP contribution >= 0.6 is 0 Å². The molecule has 0 radical (unpaired) electrons. The van der Waals surface area contributed by atoms with Gasteiger partial charge in [-0.25, -0.2) is 0 Å². The summed E-state index contributed by atoms with van der Waals surface area (Å²) in [5, 5.41) is 19.7. The van der Waals surface area contributed by atoms with Crippen molar-refractivity contribution >= 4 is 5.91 Å². The number of carbonyl (C=O) groups is 1. The molecule has 1 aliphatic rings. The van der Waals surface area contributed by atoms with E-state index in [9.17, 15) is 9.90 Å². The van der Waals surface area contributed by atoms with Gasteiger partial charge in [0, 0.05) is 27.2 Å². The first-order valence-electron chi connectivity index (χ1n) is 8.20. The van der Waals surface area contributed by atoms with Crippen LogP contribution in [0.2, 0.25) is 0 Å². The van der Waals surface area contributed by atoms with Gasteiger partial charge in [0.1, 0.15) is 18.4 Å². The zero-order valence-corrected chi connectivity index (χ0v) is 14.4. The first-order valence-corrected chi connectivity index (χ1v) is 8.20. The molecule has 0 spiro atoms. The Morgan fingerprint density at radius 2 is 2.21 bits per heavy atom. The van der Waals surface area contributed by atoms with Gasteiger partial charge in [0.05, 0.1) is 17.6 Å². The number of piperidine rings is 1. The van der Waals surface area contributed by atoms with Crippen molar-refractivity contribution in [1.82, 2.24) is 9.80 Å². The molecule has 1 heterocycles. The summed E-state index contributed by atoms with van der Waals surface area (Å²) in [6.07, 6.45) is 1.64. The Labute approximate surface area is 143 Å². The van der Waals surface area contributed by atoms with Crippen molar-refractivity contribution in [1.29, 1.82) is 5.26 Å². The summed E-state index contributed by atoms with van der Waals surface area (Å²) in [7, 11) is 3.40. The molecule has 1 atom stereocenters. The van der Waals surface area contributed by atoms with E-state index in [1.807, 2.05) is 6.07 Å². The lowest BCUT2D eigenvalue weighted by Crippen LogP contribution is -2.51. The normalized spacial score (nSPS) is 21.1. The van der Waals surface area contributed by atoms with Crippen molar-refractivity contribution in [2.45, 2.75) is 24.9 Å². The third-order valence-electron chi connectivity index (χ3n) is 4.29. The first kappa shape index (κ1) is 18.2. The summed E-state index contributed by atoms with van der Waals surface area (Å²) in [4.78, 5) is 15.5. The lowest BCUT2D eigenvalue weighted by Gasteiger charge is -2.39. The maximum Gasteiger partial charge on any atom is 0.224 e. The summed E-state index contributed by atoms with van der Waals surface area (Å²) < 4.78 is 5.70. The van der Waals surface area contributed by atoms with Gasteiger partial charge in [-0.2, -0.15) is 5.26 Å². The minimum atomic E-state index is -0.968. The predicted octanol–water partition coefficient (Wildman–Crippen LogP) is 1.24. The second-order valence-electron chi connectivity index (χ2n) is 6.53. The van der Waals surface area contributed by atoms with Crippen LogP contribution in [0.4, 0.5) is 0 Å². The lowest BCUT2D eigenvalue weighted by atomic mass is 9.89. The van der Waals surface area contributed by atoms with Crippen molar-refractivity contribution in [3.8, 4) is 11.8 Å². The number of likely N-dealkylation sites (tertiary alicyclic amines) is 1. The molecule has 0 bridgehead atoms. The Balaban J connectivity index is 1.85. The van der Waals surface area contributed by atoms with Crippen molar-refractivity contribution < 1.29 is 14.6 Å². The van der Waals surface area contributed by atoms with Gasteiger partial charge in [0.15, 0.2) is 0 Å². The van der Waals surface area contributed by atoms with Gasteiger partial charge in [-0.1, -0.05) is 12.1 Å². The molecule has 24 heavy (non-hydrogen) atoms. The average molecular weight is 331 g/mol. The van der Waals surface area contributed by atoms with E-state index in [1.54, 1.807) is 32.3 Å². The number of hydrogen-bond acceptors (Lipinski definition) is 5. The van der Waals surface area contributed by atoms with Gasteiger partial charge in [0.2, 0.25) is 5.91 Å². The Morgan fingerprint density at radius 1 is 1.46 bits per heavy atom. The molecule has 2 rings (SSSR count). The molecule has 6 heteroatoms. The van der Waals surface area contributed by atoms with E-state index in [0.717, 1.165) is 13.0 Å². The quantitative estimate of drug-likeness (QED) is 0.849. The van der Waals surface area contributed by atoms with Crippen LogP contribution in [-0.2, 0) is 4.79 Å². The molecular weight excluding hydrogens is 306 g/mol. The van der Waals surface area contributed by atoms with E-state index in [1.165, 1.54) is 4.90 Å². The maximum absolute atomic E-state index is 11.9. The van der Waals surface area contributed by atoms with Gasteiger partial charge < -0.3 is 14.7 Å². The molecule has 1 fully saturated rings.